The Bertz CT molecular complexity index is 401. The van der Waals surface area contributed by atoms with Gasteiger partial charge in [-0.2, -0.15) is 0 Å². The minimum atomic E-state index is 1.08. The summed E-state index contributed by atoms with van der Waals surface area (Å²) in [5, 5.41) is 0. The SMILES string of the molecule is CCc1ccn2ccnc2c1C. The van der Waals surface area contributed by atoms with E-state index < -0.39 is 0 Å². The van der Waals surface area contributed by atoms with Crippen molar-refractivity contribution >= 4 is 5.65 Å². The summed E-state index contributed by atoms with van der Waals surface area (Å²) in [6, 6.07) is 2.16. The monoisotopic (exact) mass is 160 g/mol. The molecule has 2 nitrogen and oxygen atoms in total. The highest BCUT2D eigenvalue weighted by Gasteiger charge is 2.01. The number of fused-ring (bicyclic) bond motifs is 1. The third kappa shape index (κ3) is 0.916. The number of hydrogen-bond acceptors (Lipinski definition) is 1. The molecule has 0 spiro atoms. The van der Waals surface area contributed by atoms with Gasteiger partial charge in [0.2, 0.25) is 0 Å². The second-order valence-corrected chi connectivity index (χ2v) is 2.98. The molecule has 0 fully saturated rings. The zero-order valence-electron chi connectivity index (χ0n) is 7.41. The van der Waals surface area contributed by atoms with Gasteiger partial charge in [0.25, 0.3) is 0 Å². The van der Waals surface area contributed by atoms with Gasteiger partial charge >= 0.3 is 0 Å². The van der Waals surface area contributed by atoms with Crippen molar-refractivity contribution in [2.75, 3.05) is 0 Å². The summed E-state index contributed by atoms with van der Waals surface area (Å²) in [6.07, 6.45) is 6.95. The number of hydrogen-bond donors (Lipinski definition) is 0. The first-order valence-corrected chi connectivity index (χ1v) is 4.24. The van der Waals surface area contributed by atoms with Crippen molar-refractivity contribution in [3.63, 3.8) is 0 Å². The van der Waals surface area contributed by atoms with E-state index in [1.165, 1.54) is 11.1 Å². The molecule has 0 radical (unpaired) electrons. The van der Waals surface area contributed by atoms with E-state index in [2.05, 4.69) is 35.5 Å². The molecule has 0 aromatic carbocycles. The molecule has 0 atom stereocenters. The molecule has 0 aliphatic carbocycles. The van der Waals surface area contributed by atoms with Crippen molar-refractivity contribution in [2.24, 2.45) is 0 Å². The van der Waals surface area contributed by atoms with Gasteiger partial charge in [-0.15, -0.1) is 0 Å². The van der Waals surface area contributed by atoms with Crippen LogP contribution in [0.4, 0.5) is 0 Å². The number of imidazole rings is 1. The van der Waals surface area contributed by atoms with E-state index in [4.69, 9.17) is 0 Å². The molecular weight excluding hydrogens is 148 g/mol. The van der Waals surface area contributed by atoms with Gasteiger partial charge in [0.15, 0.2) is 0 Å². The summed E-state index contributed by atoms with van der Waals surface area (Å²) in [7, 11) is 0. The smallest absolute Gasteiger partial charge is 0.139 e. The Kier molecular flexibility index (Phi) is 1.61. The van der Waals surface area contributed by atoms with E-state index in [1.807, 2.05) is 12.4 Å². The predicted molar refractivity (Wildman–Crippen MR) is 49.3 cm³/mol. The topological polar surface area (TPSA) is 17.3 Å². The maximum absolute atomic E-state index is 4.29. The third-order valence-electron chi connectivity index (χ3n) is 2.30. The lowest BCUT2D eigenvalue weighted by atomic mass is 10.1. The first-order valence-electron chi connectivity index (χ1n) is 4.24. The molecule has 0 aliphatic heterocycles. The second kappa shape index (κ2) is 2.63. The Balaban J connectivity index is 2.78. The highest BCUT2D eigenvalue weighted by molar-refractivity contribution is 5.50. The maximum atomic E-state index is 4.29. The van der Waals surface area contributed by atoms with Crippen LogP contribution in [0.1, 0.15) is 18.1 Å². The third-order valence-corrected chi connectivity index (χ3v) is 2.30. The van der Waals surface area contributed by atoms with Crippen LogP contribution in [-0.2, 0) is 6.42 Å². The lowest BCUT2D eigenvalue weighted by Crippen LogP contribution is -1.92. The van der Waals surface area contributed by atoms with Gasteiger partial charge in [-0.25, -0.2) is 4.98 Å². The largest absolute Gasteiger partial charge is 0.307 e. The number of pyridine rings is 1. The van der Waals surface area contributed by atoms with Crippen LogP contribution in [0.25, 0.3) is 5.65 Å². The highest BCUT2D eigenvalue weighted by atomic mass is 15.0. The summed E-state index contributed by atoms with van der Waals surface area (Å²) in [5.41, 5.74) is 3.76. The Morgan fingerprint density at radius 3 is 3.00 bits per heavy atom. The fourth-order valence-electron chi connectivity index (χ4n) is 1.55. The number of rotatable bonds is 1. The molecule has 0 saturated heterocycles. The van der Waals surface area contributed by atoms with Gasteiger partial charge in [-0.1, -0.05) is 6.92 Å². The second-order valence-electron chi connectivity index (χ2n) is 2.98. The summed E-state index contributed by atoms with van der Waals surface area (Å²) in [4.78, 5) is 4.29. The maximum Gasteiger partial charge on any atom is 0.139 e. The van der Waals surface area contributed by atoms with Crippen LogP contribution in [0, 0.1) is 6.92 Å². The Labute approximate surface area is 71.9 Å². The molecule has 62 valence electrons. The number of aromatic nitrogens is 2. The van der Waals surface area contributed by atoms with E-state index in [0.29, 0.717) is 0 Å². The highest BCUT2D eigenvalue weighted by Crippen LogP contribution is 2.13. The van der Waals surface area contributed by atoms with Crippen molar-refractivity contribution in [2.45, 2.75) is 20.3 Å². The van der Waals surface area contributed by atoms with Crippen LogP contribution < -0.4 is 0 Å². The van der Waals surface area contributed by atoms with Crippen LogP contribution in [0.15, 0.2) is 24.7 Å². The Hall–Kier alpha value is -1.31. The van der Waals surface area contributed by atoms with Gasteiger partial charge < -0.3 is 4.40 Å². The summed E-state index contributed by atoms with van der Waals surface area (Å²) < 4.78 is 2.05. The average molecular weight is 160 g/mol. The van der Waals surface area contributed by atoms with Crippen molar-refractivity contribution in [3.8, 4) is 0 Å². The molecule has 0 saturated carbocycles. The van der Waals surface area contributed by atoms with Crippen LogP contribution in [-0.4, -0.2) is 9.38 Å². The van der Waals surface area contributed by atoms with Crippen molar-refractivity contribution in [1.29, 1.82) is 0 Å². The molecule has 0 N–H and O–H groups in total. The zero-order chi connectivity index (χ0) is 8.55. The van der Waals surface area contributed by atoms with Crippen molar-refractivity contribution in [1.82, 2.24) is 9.38 Å². The fraction of sp³-hybridized carbons (Fsp3) is 0.300. The Morgan fingerprint density at radius 1 is 1.42 bits per heavy atom. The lowest BCUT2D eigenvalue weighted by molar-refractivity contribution is 1.06. The van der Waals surface area contributed by atoms with E-state index >= 15 is 0 Å². The van der Waals surface area contributed by atoms with Gasteiger partial charge in [-0.05, 0) is 30.5 Å². The fourth-order valence-corrected chi connectivity index (χ4v) is 1.55. The van der Waals surface area contributed by atoms with Crippen LogP contribution in [0.3, 0.4) is 0 Å². The van der Waals surface area contributed by atoms with Gasteiger partial charge in [0, 0.05) is 18.6 Å². The van der Waals surface area contributed by atoms with Crippen LogP contribution in [0.5, 0.6) is 0 Å². The Morgan fingerprint density at radius 2 is 2.25 bits per heavy atom. The van der Waals surface area contributed by atoms with Crippen molar-refractivity contribution in [3.05, 3.63) is 35.8 Å². The number of aryl methyl sites for hydroxylation is 2. The predicted octanol–water partition coefficient (Wildman–Crippen LogP) is 2.21. The van der Waals surface area contributed by atoms with Crippen LogP contribution >= 0.6 is 0 Å². The zero-order valence-corrected chi connectivity index (χ0v) is 7.41. The lowest BCUT2D eigenvalue weighted by Gasteiger charge is -2.03. The van der Waals surface area contributed by atoms with E-state index in [1.54, 1.807) is 0 Å². The summed E-state index contributed by atoms with van der Waals surface area (Å²) in [6.45, 7) is 4.29. The molecule has 2 heterocycles. The molecule has 0 bridgehead atoms. The first kappa shape index (κ1) is 7.35. The van der Waals surface area contributed by atoms with Gasteiger partial charge in [0.05, 0.1) is 0 Å². The summed E-state index contributed by atoms with van der Waals surface area (Å²) in [5.74, 6) is 0. The van der Waals surface area contributed by atoms with Crippen LogP contribution in [0.2, 0.25) is 0 Å². The minimum Gasteiger partial charge on any atom is -0.307 e. The van der Waals surface area contributed by atoms with E-state index in [-0.39, 0.29) is 0 Å². The van der Waals surface area contributed by atoms with E-state index in [9.17, 15) is 0 Å². The molecule has 0 aliphatic rings. The van der Waals surface area contributed by atoms with Gasteiger partial charge in [0.1, 0.15) is 5.65 Å². The quantitative estimate of drug-likeness (QED) is 0.625. The molecule has 0 unspecified atom stereocenters. The average Bonchev–Trinajstić information content (AvgIpc) is 2.53. The molecule has 2 rings (SSSR count). The molecule has 12 heavy (non-hydrogen) atoms. The van der Waals surface area contributed by atoms with E-state index in [0.717, 1.165) is 12.1 Å². The molecule has 0 amide bonds. The summed E-state index contributed by atoms with van der Waals surface area (Å²) >= 11 is 0. The normalized spacial score (nSPS) is 10.8. The molecular formula is C10H12N2. The first-order chi connectivity index (χ1) is 5.83. The number of nitrogens with zero attached hydrogens (tertiary/aromatic N) is 2. The van der Waals surface area contributed by atoms with Gasteiger partial charge in [-0.3, -0.25) is 0 Å². The molecule has 2 aromatic heterocycles. The standard InChI is InChI=1S/C10H12N2/c1-3-9-4-6-12-7-5-11-10(12)8(9)2/h4-7H,3H2,1-2H3. The molecule has 2 heteroatoms. The minimum absolute atomic E-state index is 1.08. The molecule has 2 aromatic rings. The van der Waals surface area contributed by atoms with Crippen molar-refractivity contribution < 1.29 is 0 Å².